The Kier molecular flexibility index (Phi) is 29.0. The van der Waals surface area contributed by atoms with Crippen molar-refractivity contribution >= 4 is 59.4 Å². The van der Waals surface area contributed by atoms with Crippen LogP contribution in [0.3, 0.4) is 0 Å². The molecule has 0 aromatic heterocycles. The molecule has 4 aliphatic rings. The van der Waals surface area contributed by atoms with Crippen molar-refractivity contribution in [1.29, 1.82) is 0 Å². The van der Waals surface area contributed by atoms with Crippen LogP contribution in [0.4, 0.5) is 9.59 Å². The summed E-state index contributed by atoms with van der Waals surface area (Å²) in [5.41, 5.74) is 13.2. The Morgan fingerprint density at radius 2 is 0.962 bits per heavy atom. The monoisotopic (exact) mass is 1120 g/mol. The molecule has 2 heterocycles. The van der Waals surface area contributed by atoms with Crippen molar-refractivity contribution in [2.75, 3.05) is 66.6 Å². The number of piperidine rings is 2. The molecule has 0 spiro atoms. The topological polar surface area (TPSA) is 343 Å². The first-order chi connectivity index (χ1) is 36.9. The third-order valence-corrected chi connectivity index (χ3v) is 13.7. The summed E-state index contributed by atoms with van der Waals surface area (Å²) < 4.78 is 20.6. The molecule has 2 aliphatic carbocycles. The zero-order valence-corrected chi connectivity index (χ0v) is 49.9. The van der Waals surface area contributed by atoms with Crippen molar-refractivity contribution < 1.29 is 57.3 Å². The van der Waals surface area contributed by atoms with Crippen molar-refractivity contribution in [3.63, 3.8) is 0 Å². The molecule has 4 fully saturated rings. The van der Waals surface area contributed by atoms with Crippen molar-refractivity contribution in [3.8, 4) is 0 Å². The molecule has 0 bridgehead atoms. The van der Waals surface area contributed by atoms with Crippen LogP contribution in [0.15, 0.2) is 9.98 Å². The second-order valence-electron chi connectivity index (χ2n) is 23.3. The van der Waals surface area contributed by atoms with Gasteiger partial charge >= 0.3 is 24.1 Å². The molecular formula is C55H100N12O12. The Morgan fingerprint density at radius 3 is 1.27 bits per heavy atom. The van der Waals surface area contributed by atoms with Gasteiger partial charge in [-0.15, -0.1) is 0 Å². The molecule has 452 valence electrons. The second kappa shape index (κ2) is 33.1. The average molecular weight is 1120 g/mol. The second-order valence-corrected chi connectivity index (χ2v) is 23.3. The van der Waals surface area contributed by atoms with Crippen LogP contribution < -0.4 is 43.8 Å². The number of ether oxygens (including phenoxy) is 4. The van der Waals surface area contributed by atoms with Gasteiger partial charge in [0.15, 0.2) is 0 Å². The summed E-state index contributed by atoms with van der Waals surface area (Å²) >= 11 is 0. The van der Waals surface area contributed by atoms with Crippen LogP contribution in [0, 0.1) is 17.8 Å². The fourth-order valence-corrected chi connectivity index (χ4v) is 9.05. The highest BCUT2D eigenvalue weighted by Gasteiger charge is 2.48. The molecule has 4 atom stereocenters. The molecule has 6 amide bonds. The van der Waals surface area contributed by atoms with E-state index < -0.39 is 64.5 Å². The van der Waals surface area contributed by atoms with Crippen molar-refractivity contribution in [1.82, 2.24) is 36.4 Å². The number of methoxy groups -OCH3 is 2. The Balaban J connectivity index is 0.000000497. The number of aliphatic imine (C=N–C) groups is 2. The lowest BCUT2D eigenvalue weighted by Gasteiger charge is -2.41. The maximum Gasteiger partial charge on any atom is 0.408 e. The van der Waals surface area contributed by atoms with Gasteiger partial charge in [0, 0.05) is 45.2 Å². The number of amidine groups is 2. The summed E-state index contributed by atoms with van der Waals surface area (Å²) in [7, 11) is 2.51. The van der Waals surface area contributed by atoms with Gasteiger partial charge in [0.1, 0.15) is 34.4 Å². The van der Waals surface area contributed by atoms with Gasteiger partial charge in [-0.25, -0.2) is 19.2 Å². The van der Waals surface area contributed by atoms with Crippen LogP contribution in [0.5, 0.6) is 0 Å². The maximum atomic E-state index is 13.5. The van der Waals surface area contributed by atoms with Crippen LogP contribution in [-0.4, -0.2) is 176 Å². The lowest BCUT2D eigenvalue weighted by atomic mass is 9.87. The minimum Gasteiger partial charge on any atom is -0.467 e. The highest BCUT2D eigenvalue weighted by molar-refractivity contribution is 5.92. The normalized spacial score (nSPS) is 18.7. The molecule has 0 aromatic carbocycles. The zero-order chi connectivity index (χ0) is 59.7. The van der Waals surface area contributed by atoms with E-state index in [0.29, 0.717) is 68.7 Å². The predicted molar refractivity (Wildman–Crippen MR) is 303 cm³/mol. The zero-order valence-electron chi connectivity index (χ0n) is 49.9. The van der Waals surface area contributed by atoms with Gasteiger partial charge in [-0.1, -0.05) is 46.5 Å². The summed E-state index contributed by atoms with van der Waals surface area (Å²) in [5, 5.41) is 14.2. The molecule has 79 heavy (non-hydrogen) atoms. The molecular weight excluding hydrogens is 1020 g/mol. The Bertz CT molecular complexity index is 1900. The van der Waals surface area contributed by atoms with Gasteiger partial charge in [0.2, 0.25) is 23.6 Å². The van der Waals surface area contributed by atoms with E-state index in [2.05, 4.69) is 50.4 Å². The minimum atomic E-state index is -1.31. The third kappa shape index (κ3) is 26.4. The number of nitrogens with zero attached hydrogens (tertiary/aromatic N) is 4. The molecule has 24 heteroatoms. The van der Waals surface area contributed by atoms with E-state index in [1.54, 1.807) is 65.2 Å². The lowest BCUT2D eigenvalue weighted by molar-refractivity contribution is -0.153. The lowest BCUT2D eigenvalue weighted by Crippen LogP contribution is -2.63. The van der Waals surface area contributed by atoms with E-state index in [9.17, 15) is 38.4 Å². The minimum absolute atomic E-state index is 0.128. The molecule has 0 radical (unpaired) electrons. The van der Waals surface area contributed by atoms with Crippen LogP contribution >= 0.6 is 0 Å². The van der Waals surface area contributed by atoms with Crippen LogP contribution in [0.2, 0.25) is 0 Å². The summed E-state index contributed by atoms with van der Waals surface area (Å²) in [6.07, 6.45) is 6.98. The fraction of sp³-hybridized carbons (Fsp3) is 0.818. The van der Waals surface area contributed by atoms with Gasteiger partial charge in [-0.2, -0.15) is 0 Å². The predicted octanol–water partition coefficient (Wildman–Crippen LogP) is 3.55. The van der Waals surface area contributed by atoms with Gasteiger partial charge in [-0.05, 0) is 145 Å². The van der Waals surface area contributed by atoms with E-state index in [-0.39, 0.29) is 81.4 Å². The van der Waals surface area contributed by atoms with Crippen LogP contribution in [0.1, 0.15) is 166 Å². The number of rotatable bonds is 24. The van der Waals surface area contributed by atoms with E-state index in [1.807, 2.05) is 6.92 Å². The number of nitrogens with one attached hydrogen (secondary N) is 5. The molecule has 0 aromatic rings. The van der Waals surface area contributed by atoms with E-state index in [1.165, 1.54) is 14.2 Å². The van der Waals surface area contributed by atoms with Gasteiger partial charge < -0.3 is 72.5 Å². The van der Waals surface area contributed by atoms with E-state index >= 15 is 0 Å². The number of carbonyl (C=O) groups is 8. The number of nitrogens with two attached hydrogens (primary N) is 3. The van der Waals surface area contributed by atoms with Crippen LogP contribution in [-0.2, 0) is 47.7 Å². The molecule has 11 N–H and O–H groups in total. The summed E-state index contributed by atoms with van der Waals surface area (Å²) in [5.74, 6) is -0.317. The Labute approximate surface area is 469 Å². The summed E-state index contributed by atoms with van der Waals surface area (Å²) in [6.45, 7) is 23.8. The van der Waals surface area contributed by atoms with Crippen LogP contribution in [0.25, 0.3) is 0 Å². The molecule has 0 unspecified atom stereocenters. The van der Waals surface area contributed by atoms with E-state index in [0.717, 1.165) is 45.2 Å². The smallest absolute Gasteiger partial charge is 0.408 e. The highest BCUT2D eigenvalue weighted by Crippen LogP contribution is 2.36. The number of likely N-dealkylation sites (tertiary alicyclic amines) is 2. The number of alkyl carbamates (subject to hydrolysis) is 2. The molecule has 2 aliphatic heterocycles. The first-order valence-electron chi connectivity index (χ1n) is 28.3. The Morgan fingerprint density at radius 1 is 0.608 bits per heavy atom. The summed E-state index contributed by atoms with van der Waals surface area (Å²) in [4.78, 5) is 114. The van der Waals surface area contributed by atoms with Crippen molar-refractivity contribution in [2.24, 2.45) is 44.9 Å². The Hall–Kier alpha value is -5.78. The fourth-order valence-electron chi connectivity index (χ4n) is 9.05. The molecule has 2 saturated carbocycles. The van der Waals surface area contributed by atoms with Gasteiger partial charge in [-0.3, -0.25) is 29.2 Å². The maximum absolute atomic E-state index is 13.5. The highest BCUT2D eigenvalue weighted by atomic mass is 16.6. The SMILES string of the molecule is CCNCC.COC(=O)C1(NC(=O)OC(C)(C)C)CCN(C(=O)[C@@H](CCCN=C(C)N)NC(=O)[C@H](C)CC2CC2)CC1.COC(=O)C1(NC(=O)OC(C)(C)C)CCN(C(=O)[C@@H](CCCN=C(C)N)NC(=O)[C@H](N)CC2CC2)CC1. The standard InChI is InChI=1S/C26H45N5O6.C25H44N6O6.C4H11N/c1-17(16-19-9-10-19)21(32)29-20(8-7-13-28-18(2)27)22(33)31-14-11-26(12-15-31,23(34)36-6)30-24(35)37-25(3,4)5;1-16(26)28-12-6-7-19(29-20(32)18(27)15-17-8-9-17)21(33)31-13-10-25(11-14-31,22(34)36-5)30-23(35)37-24(2,3)4;1-3-5-4-2/h17,19-20H,7-16H2,1-6H3,(H2,27,28)(H,29,32)(H,30,35);17-19H,6-15,27H2,1-5H3,(H2,26,28)(H,29,32)(H,30,35);5H,3-4H2,1-2H3/t17-,20-;18-,19-;/m11./s1. The van der Waals surface area contributed by atoms with Crippen molar-refractivity contribution in [3.05, 3.63) is 0 Å². The first-order valence-corrected chi connectivity index (χ1v) is 28.3. The number of amides is 6. The number of hydrogen-bond donors (Lipinski definition) is 8. The molecule has 24 nitrogen and oxygen atoms in total. The summed E-state index contributed by atoms with van der Waals surface area (Å²) in [6, 6.07) is -2.15. The van der Waals surface area contributed by atoms with Gasteiger partial charge in [0.05, 0.1) is 31.9 Å². The van der Waals surface area contributed by atoms with E-state index in [4.69, 9.17) is 36.1 Å². The third-order valence-electron chi connectivity index (χ3n) is 13.7. The number of carbonyl (C=O) groups excluding carboxylic acids is 8. The van der Waals surface area contributed by atoms with Crippen molar-refractivity contribution in [2.45, 2.75) is 206 Å². The molecule has 4 rings (SSSR count). The largest absolute Gasteiger partial charge is 0.467 e. The number of hydrogen-bond acceptors (Lipinski definition) is 16. The first kappa shape index (κ1) is 69.3. The average Bonchev–Trinajstić information content (AvgIpc) is 4.34. The molecule has 2 saturated heterocycles. The quantitative estimate of drug-likeness (QED) is 0.0225. The van der Waals surface area contributed by atoms with Gasteiger partial charge in [0.25, 0.3) is 0 Å². The number of esters is 2.